The van der Waals surface area contributed by atoms with Crippen molar-refractivity contribution >= 4 is 28.2 Å². The highest BCUT2D eigenvalue weighted by Gasteiger charge is 2.19. The molecule has 0 radical (unpaired) electrons. The molecule has 9 heteroatoms. The van der Waals surface area contributed by atoms with E-state index >= 15 is 0 Å². The molecule has 1 aromatic carbocycles. The van der Waals surface area contributed by atoms with Gasteiger partial charge in [-0.15, -0.1) is 0 Å². The summed E-state index contributed by atoms with van der Waals surface area (Å²) in [6.07, 6.45) is 3.29. The van der Waals surface area contributed by atoms with Crippen molar-refractivity contribution < 1.29 is 14.2 Å². The first-order chi connectivity index (χ1) is 15.5. The Morgan fingerprint density at radius 2 is 1.94 bits per heavy atom. The van der Waals surface area contributed by atoms with Crippen molar-refractivity contribution in [1.29, 1.82) is 0 Å². The van der Waals surface area contributed by atoms with Crippen molar-refractivity contribution in [2.75, 3.05) is 53.6 Å². The Hall–Kier alpha value is -2.36. The van der Waals surface area contributed by atoms with Crippen LogP contribution in [0.3, 0.4) is 0 Å². The van der Waals surface area contributed by atoms with Crippen LogP contribution in [-0.4, -0.2) is 79.6 Å². The molecule has 0 aliphatic carbocycles. The van der Waals surface area contributed by atoms with Crippen molar-refractivity contribution in [2.24, 2.45) is 0 Å². The number of pyridine rings is 1. The minimum atomic E-state index is -0.117. The number of aromatic nitrogens is 1. The molecule has 174 valence electrons. The quantitative estimate of drug-likeness (QED) is 0.580. The second-order valence-electron chi connectivity index (χ2n) is 8.61. The van der Waals surface area contributed by atoms with Gasteiger partial charge in [0, 0.05) is 36.7 Å². The van der Waals surface area contributed by atoms with Crippen LogP contribution >= 0.6 is 12.2 Å². The molecule has 0 amide bonds. The summed E-state index contributed by atoms with van der Waals surface area (Å²) < 4.78 is 17.0. The molecule has 1 atom stereocenters. The number of fused-ring (bicyclic) bond motifs is 2. The van der Waals surface area contributed by atoms with Gasteiger partial charge in [-0.2, -0.15) is 0 Å². The Morgan fingerprint density at radius 3 is 2.66 bits per heavy atom. The van der Waals surface area contributed by atoms with E-state index in [4.69, 9.17) is 26.4 Å². The number of nitrogens with zero attached hydrogens (tertiary/aromatic N) is 2. The molecule has 32 heavy (non-hydrogen) atoms. The summed E-state index contributed by atoms with van der Waals surface area (Å²) in [6.45, 7) is 4.69. The van der Waals surface area contributed by atoms with Crippen LogP contribution in [-0.2, 0) is 11.3 Å². The Labute approximate surface area is 193 Å². The molecule has 3 heterocycles. The van der Waals surface area contributed by atoms with Gasteiger partial charge in [-0.3, -0.25) is 4.79 Å². The molecular weight excluding hydrogens is 428 g/mol. The topological polar surface area (TPSA) is 79.1 Å². The number of H-pyrrole nitrogens is 1. The van der Waals surface area contributed by atoms with Gasteiger partial charge in [-0.05, 0) is 64.3 Å². The van der Waals surface area contributed by atoms with E-state index < -0.39 is 0 Å². The first-order valence-electron chi connectivity index (χ1n) is 11.2. The number of ether oxygens (including phenoxy) is 3. The molecule has 0 saturated carbocycles. The molecule has 0 unspecified atom stereocenters. The van der Waals surface area contributed by atoms with Gasteiger partial charge in [-0.1, -0.05) is 0 Å². The fraction of sp³-hybridized carbons (Fsp3) is 0.565. The summed E-state index contributed by atoms with van der Waals surface area (Å²) in [5.41, 5.74) is 1.29. The van der Waals surface area contributed by atoms with E-state index in [1.807, 2.05) is 18.2 Å². The number of hydrogen-bond acceptors (Lipinski definition) is 6. The van der Waals surface area contributed by atoms with E-state index in [1.165, 1.54) is 0 Å². The molecule has 2 aromatic rings. The molecule has 2 aliphatic heterocycles. The van der Waals surface area contributed by atoms with E-state index in [2.05, 4.69) is 34.2 Å². The van der Waals surface area contributed by atoms with Gasteiger partial charge in [0.25, 0.3) is 5.56 Å². The average molecular weight is 461 g/mol. The number of thiocarbonyl (C=S) groups is 1. The predicted molar refractivity (Wildman–Crippen MR) is 129 cm³/mol. The maximum absolute atomic E-state index is 12.9. The van der Waals surface area contributed by atoms with Crippen LogP contribution in [0.2, 0.25) is 0 Å². The lowest BCUT2D eigenvalue weighted by molar-refractivity contribution is 0.113. The molecule has 1 fully saturated rings. The number of rotatable bonds is 8. The Morgan fingerprint density at radius 1 is 1.16 bits per heavy atom. The first kappa shape index (κ1) is 22.8. The van der Waals surface area contributed by atoms with Crippen molar-refractivity contribution in [3.8, 4) is 11.5 Å². The van der Waals surface area contributed by atoms with Crippen LogP contribution in [0.15, 0.2) is 23.0 Å². The summed E-state index contributed by atoms with van der Waals surface area (Å²) in [4.78, 5) is 20.1. The normalized spacial score (nSPS) is 17.7. The molecule has 2 N–H and O–H groups in total. The van der Waals surface area contributed by atoms with Crippen LogP contribution in [0, 0.1) is 0 Å². The monoisotopic (exact) mass is 460 g/mol. The van der Waals surface area contributed by atoms with E-state index in [0.717, 1.165) is 49.9 Å². The third-order valence-corrected chi connectivity index (χ3v) is 6.17. The Kier molecular flexibility index (Phi) is 7.49. The van der Waals surface area contributed by atoms with Crippen molar-refractivity contribution in [3.05, 3.63) is 34.1 Å². The second kappa shape index (κ2) is 10.5. The van der Waals surface area contributed by atoms with Crippen LogP contribution in [0.4, 0.5) is 0 Å². The minimum Gasteiger partial charge on any atom is -0.486 e. The zero-order valence-electron chi connectivity index (χ0n) is 18.8. The maximum Gasteiger partial charge on any atom is 0.253 e. The van der Waals surface area contributed by atoms with Crippen LogP contribution in [0.25, 0.3) is 10.9 Å². The van der Waals surface area contributed by atoms with Gasteiger partial charge < -0.3 is 34.3 Å². The van der Waals surface area contributed by atoms with Crippen LogP contribution in [0.1, 0.15) is 24.8 Å². The Bertz CT molecular complexity index is 1000. The molecular formula is C23H32N4O4S. The first-order valence-corrected chi connectivity index (χ1v) is 11.6. The lowest BCUT2D eigenvalue weighted by atomic mass is 10.1. The third-order valence-electron chi connectivity index (χ3n) is 5.77. The number of hydrogen-bond donors (Lipinski definition) is 2. The highest BCUT2D eigenvalue weighted by Crippen LogP contribution is 2.33. The van der Waals surface area contributed by atoms with E-state index in [-0.39, 0.29) is 11.7 Å². The van der Waals surface area contributed by atoms with Gasteiger partial charge in [0.2, 0.25) is 0 Å². The number of nitrogens with one attached hydrogen (secondary N) is 2. The summed E-state index contributed by atoms with van der Waals surface area (Å²) in [5, 5.41) is 4.92. The zero-order valence-corrected chi connectivity index (χ0v) is 19.6. The van der Waals surface area contributed by atoms with Gasteiger partial charge in [0.05, 0.1) is 18.2 Å². The molecule has 8 nitrogen and oxygen atoms in total. The zero-order chi connectivity index (χ0) is 22.5. The SMILES string of the molecule is CN(C)CCCN(Cc1cc2cc3c(cc2[nH]c1=O)OCCO3)C(=S)NC[C@@H]1CCCO1. The smallest absolute Gasteiger partial charge is 0.253 e. The van der Waals surface area contributed by atoms with E-state index in [9.17, 15) is 4.79 Å². The van der Waals surface area contributed by atoms with Crippen LogP contribution < -0.4 is 20.3 Å². The van der Waals surface area contributed by atoms with Crippen molar-refractivity contribution in [3.63, 3.8) is 0 Å². The standard InChI is InChI=1S/C23H32N4O4S/c1-26(2)6-4-7-27(23(32)24-14-18-5-3-8-29-18)15-17-11-16-12-20-21(31-10-9-30-20)13-19(16)25-22(17)28/h11-13,18H,3-10,14-15H2,1-2H3,(H,24,32)(H,25,28)/t18-/m0/s1. The third kappa shape index (κ3) is 5.70. The highest BCUT2D eigenvalue weighted by molar-refractivity contribution is 7.80. The highest BCUT2D eigenvalue weighted by atomic mass is 32.1. The molecule has 4 rings (SSSR count). The van der Waals surface area contributed by atoms with Crippen molar-refractivity contribution in [1.82, 2.24) is 20.1 Å². The summed E-state index contributed by atoms with van der Waals surface area (Å²) in [7, 11) is 4.11. The fourth-order valence-electron chi connectivity index (χ4n) is 4.06. The number of benzene rings is 1. The fourth-order valence-corrected chi connectivity index (χ4v) is 4.30. The minimum absolute atomic E-state index is 0.117. The molecule has 0 bridgehead atoms. The second-order valence-corrected chi connectivity index (χ2v) is 8.99. The largest absolute Gasteiger partial charge is 0.486 e. The summed E-state index contributed by atoms with van der Waals surface area (Å²) in [6, 6.07) is 5.68. The van der Waals surface area contributed by atoms with Gasteiger partial charge in [-0.25, -0.2) is 0 Å². The van der Waals surface area contributed by atoms with E-state index in [1.54, 1.807) is 0 Å². The lowest BCUT2D eigenvalue weighted by Crippen LogP contribution is -2.43. The van der Waals surface area contributed by atoms with E-state index in [0.29, 0.717) is 48.5 Å². The van der Waals surface area contributed by atoms with Gasteiger partial charge >= 0.3 is 0 Å². The predicted octanol–water partition coefficient (Wildman–Crippen LogP) is 2.11. The Balaban J connectivity index is 1.51. The van der Waals surface area contributed by atoms with Gasteiger partial charge in [0.15, 0.2) is 16.6 Å². The molecule has 2 aliphatic rings. The molecule has 0 spiro atoms. The molecule has 1 aromatic heterocycles. The van der Waals surface area contributed by atoms with Crippen LogP contribution in [0.5, 0.6) is 11.5 Å². The summed E-state index contributed by atoms with van der Waals surface area (Å²) >= 11 is 5.70. The maximum atomic E-state index is 12.9. The lowest BCUT2D eigenvalue weighted by Gasteiger charge is -2.27. The van der Waals surface area contributed by atoms with Gasteiger partial charge in [0.1, 0.15) is 13.2 Å². The average Bonchev–Trinajstić information content (AvgIpc) is 3.29. The summed E-state index contributed by atoms with van der Waals surface area (Å²) in [5.74, 6) is 1.37. The molecule has 1 saturated heterocycles. The number of aromatic amines is 1. The van der Waals surface area contributed by atoms with Crippen molar-refractivity contribution in [2.45, 2.75) is 31.9 Å².